The molecule has 0 radical (unpaired) electrons. The van der Waals surface area contributed by atoms with Crippen molar-refractivity contribution in [1.29, 1.82) is 0 Å². The van der Waals surface area contributed by atoms with Gasteiger partial charge in [-0.25, -0.2) is 14.2 Å². The van der Waals surface area contributed by atoms with Crippen LogP contribution < -0.4 is 10.6 Å². The van der Waals surface area contributed by atoms with E-state index in [0.717, 1.165) is 5.69 Å². The summed E-state index contributed by atoms with van der Waals surface area (Å²) >= 11 is 5.88. The quantitative estimate of drug-likeness (QED) is 0.331. The number of esters is 1. The van der Waals surface area contributed by atoms with Crippen LogP contribution in [0.15, 0.2) is 67.3 Å². The summed E-state index contributed by atoms with van der Waals surface area (Å²) in [5, 5.41) is 6.27. The second-order valence-corrected chi connectivity index (χ2v) is 7.47. The van der Waals surface area contributed by atoms with Crippen molar-refractivity contribution >= 4 is 35.0 Å². The van der Waals surface area contributed by atoms with E-state index in [1.165, 1.54) is 24.4 Å². The van der Waals surface area contributed by atoms with Gasteiger partial charge in [0, 0.05) is 41.6 Å². The maximum atomic E-state index is 13.5. The maximum Gasteiger partial charge on any atom is 0.339 e. The number of hydrogen-bond donors (Lipinski definition) is 2. The predicted molar refractivity (Wildman–Crippen MR) is 127 cm³/mol. The van der Waals surface area contributed by atoms with Gasteiger partial charge >= 0.3 is 5.97 Å². The highest BCUT2D eigenvalue weighted by Crippen LogP contribution is 2.29. The van der Waals surface area contributed by atoms with Crippen molar-refractivity contribution in [3.8, 4) is 11.1 Å². The van der Waals surface area contributed by atoms with Crippen molar-refractivity contribution in [2.75, 3.05) is 17.2 Å². The van der Waals surface area contributed by atoms with Crippen LogP contribution in [0.25, 0.3) is 11.1 Å². The number of nitrogens with zero attached hydrogens (tertiary/aromatic N) is 4. The Balaban J connectivity index is 1.68. The average Bonchev–Trinajstić information content (AvgIpc) is 2.86. The van der Waals surface area contributed by atoms with Crippen molar-refractivity contribution in [2.24, 2.45) is 0 Å². The van der Waals surface area contributed by atoms with Crippen LogP contribution >= 0.6 is 11.6 Å². The monoisotopic (exact) mass is 478 g/mol. The molecule has 0 aliphatic heterocycles. The van der Waals surface area contributed by atoms with E-state index in [2.05, 4.69) is 30.6 Å². The molecule has 2 N–H and O–H groups in total. The number of anilines is 3. The van der Waals surface area contributed by atoms with Crippen LogP contribution in [-0.2, 0) is 11.3 Å². The molecule has 0 saturated heterocycles. The Labute approximate surface area is 200 Å². The van der Waals surface area contributed by atoms with Gasteiger partial charge in [0.05, 0.1) is 29.4 Å². The number of pyridine rings is 2. The third kappa shape index (κ3) is 5.62. The lowest BCUT2D eigenvalue weighted by Crippen LogP contribution is -2.08. The molecule has 0 bridgehead atoms. The SMILES string of the molecule is CCOC(=O)c1cncc(-c2cnc(Nc3ccc(F)c(Cl)c3)nc2NCc2ccccn2)c1. The largest absolute Gasteiger partial charge is 0.462 e. The van der Waals surface area contributed by atoms with Crippen molar-refractivity contribution in [3.05, 3.63) is 89.3 Å². The summed E-state index contributed by atoms with van der Waals surface area (Å²) in [6.45, 7) is 2.40. The zero-order valence-electron chi connectivity index (χ0n) is 18.1. The number of halogens is 2. The summed E-state index contributed by atoms with van der Waals surface area (Å²) in [5.74, 6) is -0.231. The molecule has 34 heavy (non-hydrogen) atoms. The lowest BCUT2D eigenvalue weighted by Gasteiger charge is -2.14. The van der Waals surface area contributed by atoms with Gasteiger partial charge in [0.1, 0.15) is 11.6 Å². The summed E-state index contributed by atoms with van der Waals surface area (Å²) in [5.41, 5.74) is 2.91. The van der Waals surface area contributed by atoms with Gasteiger partial charge < -0.3 is 15.4 Å². The van der Waals surface area contributed by atoms with Crippen LogP contribution in [-0.4, -0.2) is 32.5 Å². The third-order valence-corrected chi connectivity index (χ3v) is 4.98. The molecule has 0 fully saturated rings. The Morgan fingerprint density at radius 3 is 2.76 bits per heavy atom. The fourth-order valence-electron chi connectivity index (χ4n) is 3.08. The van der Waals surface area contributed by atoms with Crippen molar-refractivity contribution in [1.82, 2.24) is 19.9 Å². The van der Waals surface area contributed by atoms with E-state index < -0.39 is 11.8 Å². The van der Waals surface area contributed by atoms with Gasteiger partial charge in [0.25, 0.3) is 0 Å². The number of aromatic nitrogens is 4. The molecule has 3 aromatic heterocycles. The third-order valence-electron chi connectivity index (χ3n) is 4.69. The van der Waals surface area contributed by atoms with E-state index in [0.29, 0.717) is 34.7 Å². The molecule has 10 heteroatoms. The molecule has 1 aromatic carbocycles. The molecule has 4 aromatic rings. The zero-order valence-corrected chi connectivity index (χ0v) is 18.9. The van der Waals surface area contributed by atoms with E-state index in [-0.39, 0.29) is 17.6 Å². The Morgan fingerprint density at radius 1 is 1.12 bits per heavy atom. The highest BCUT2D eigenvalue weighted by molar-refractivity contribution is 6.31. The summed E-state index contributed by atoms with van der Waals surface area (Å²) in [6, 6.07) is 11.5. The number of carbonyl (C=O) groups excluding carboxylic acids is 1. The van der Waals surface area contributed by atoms with Crippen LogP contribution in [0, 0.1) is 5.82 Å². The van der Waals surface area contributed by atoms with Gasteiger partial charge in [-0.2, -0.15) is 4.98 Å². The highest BCUT2D eigenvalue weighted by Gasteiger charge is 2.14. The number of carbonyl (C=O) groups is 1. The molecule has 0 aliphatic rings. The molecule has 0 amide bonds. The molecular formula is C24H20ClFN6O2. The first-order valence-corrected chi connectivity index (χ1v) is 10.8. The smallest absolute Gasteiger partial charge is 0.339 e. The molecule has 0 saturated carbocycles. The van der Waals surface area contributed by atoms with Crippen LogP contribution in [0.3, 0.4) is 0 Å². The summed E-state index contributed by atoms with van der Waals surface area (Å²) in [4.78, 5) is 29.6. The van der Waals surface area contributed by atoms with Gasteiger partial charge in [0.2, 0.25) is 5.95 Å². The van der Waals surface area contributed by atoms with Crippen LogP contribution in [0.5, 0.6) is 0 Å². The average molecular weight is 479 g/mol. The molecule has 3 heterocycles. The standard InChI is InChI=1S/C24H20ClFN6O2/c1-2-34-23(33)16-9-15(11-27-12-16)19-14-30-24(31-17-6-7-21(26)20(25)10-17)32-22(19)29-13-18-5-3-4-8-28-18/h3-12,14H,2,13H2,1H3,(H2,29,30,31,32). The number of nitrogens with one attached hydrogen (secondary N) is 2. The van der Waals surface area contributed by atoms with Gasteiger partial charge in [-0.15, -0.1) is 0 Å². The van der Waals surface area contributed by atoms with Gasteiger partial charge in [-0.3, -0.25) is 9.97 Å². The molecule has 8 nitrogen and oxygen atoms in total. The van der Waals surface area contributed by atoms with E-state index in [4.69, 9.17) is 16.3 Å². The molecule has 172 valence electrons. The first-order valence-electron chi connectivity index (χ1n) is 10.4. The first kappa shape index (κ1) is 23.1. The van der Waals surface area contributed by atoms with E-state index >= 15 is 0 Å². The number of benzene rings is 1. The Kier molecular flexibility index (Phi) is 7.24. The maximum absolute atomic E-state index is 13.5. The van der Waals surface area contributed by atoms with Gasteiger partial charge in [0.15, 0.2) is 0 Å². The fourth-order valence-corrected chi connectivity index (χ4v) is 3.26. The second-order valence-electron chi connectivity index (χ2n) is 7.07. The summed E-state index contributed by atoms with van der Waals surface area (Å²) in [6.07, 6.45) is 6.36. The molecule has 0 spiro atoms. The molecular weight excluding hydrogens is 459 g/mol. The predicted octanol–water partition coefficient (Wildman–Crippen LogP) is 5.26. The second kappa shape index (κ2) is 10.7. The molecule has 0 atom stereocenters. The lowest BCUT2D eigenvalue weighted by molar-refractivity contribution is 0.0526. The van der Waals surface area contributed by atoms with Gasteiger partial charge in [-0.05, 0) is 43.3 Å². The van der Waals surface area contributed by atoms with Crippen molar-refractivity contribution in [2.45, 2.75) is 13.5 Å². The first-order chi connectivity index (χ1) is 16.5. The van der Waals surface area contributed by atoms with E-state index in [1.54, 1.807) is 31.6 Å². The molecule has 0 unspecified atom stereocenters. The Bertz CT molecular complexity index is 1310. The van der Waals surface area contributed by atoms with Crippen LogP contribution in [0.1, 0.15) is 23.0 Å². The Hall–Kier alpha value is -4.11. The zero-order chi connectivity index (χ0) is 23.9. The topological polar surface area (TPSA) is 102 Å². The van der Waals surface area contributed by atoms with Crippen molar-refractivity contribution < 1.29 is 13.9 Å². The number of ether oxygens (including phenoxy) is 1. The number of rotatable bonds is 8. The van der Waals surface area contributed by atoms with E-state index in [1.807, 2.05) is 18.2 Å². The minimum Gasteiger partial charge on any atom is -0.462 e. The van der Waals surface area contributed by atoms with Crippen LogP contribution in [0.4, 0.5) is 21.8 Å². The molecule has 0 aliphatic carbocycles. The minimum atomic E-state index is -0.518. The normalized spacial score (nSPS) is 10.6. The lowest BCUT2D eigenvalue weighted by atomic mass is 10.1. The summed E-state index contributed by atoms with van der Waals surface area (Å²) < 4.78 is 18.6. The highest BCUT2D eigenvalue weighted by atomic mass is 35.5. The van der Waals surface area contributed by atoms with E-state index in [9.17, 15) is 9.18 Å². The summed E-state index contributed by atoms with van der Waals surface area (Å²) in [7, 11) is 0. The fraction of sp³-hybridized carbons (Fsp3) is 0.125. The van der Waals surface area contributed by atoms with Crippen LogP contribution in [0.2, 0.25) is 5.02 Å². The Morgan fingerprint density at radius 2 is 2.00 bits per heavy atom. The van der Waals surface area contributed by atoms with Gasteiger partial charge in [-0.1, -0.05) is 17.7 Å². The molecule has 4 rings (SSSR count). The van der Waals surface area contributed by atoms with Crippen molar-refractivity contribution in [3.63, 3.8) is 0 Å². The minimum absolute atomic E-state index is 0.0167. The number of hydrogen-bond acceptors (Lipinski definition) is 8.